The molecule has 0 aliphatic carbocycles. The molecular formula is C18H30N4O. The van der Waals surface area contributed by atoms with Crippen LogP contribution in [0.25, 0.3) is 0 Å². The van der Waals surface area contributed by atoms with Gasteiger partial charge in [-0.3, -0.25) is 4.79 Å². The van der Waals surface area contributed by atoms with E-state index in [1.165, 1.54) is 0 Å². The van der Waals surface area contributed by atoms with Crippen molar-refractivity contribution in [3.8, 4) is 0 Å². The number of benzene rings is 1. The van der Waals surface area contributed by atoms with Crippen LogP contribution in [0.2, 0.25) is 0 Å². The van der Waals surface area contributed by atoms with Crippen molar-refractivity contribution >= 4 is 5.91 Å². The third-order valence-corrected chi connectivity index (χ3v) is 4.69. The molecule has 3 N–H and O–H groups in total. The molecule has 0 bridgehead atoms. The second-order valence-electron chi connectivity index (χ2n) is 6.45. The van der Waals surface area contributed by atoms with Crippen LogP contribution in [0.5, 0.6) is 0 Å². The van der Waals surface area contributed by atoms with E-state index in [9.17, 15) is 4.79 Å². The van der Waals surface area contributed by atoms with E-state index in [1.54, 1.807) is 6.92 Å². The van der Waals surface area contributed by atoms with Crippen molar-refractivity contribution in [1.29, 1.82) is 0 Å². The van der Waals surface area contributed by atoms with Gasteiger partial charge in [-0.15, -0.1) is 0 Å². The number of carbonyl (C=O) groups is 1. The van der Waals surface area contributed by atoms with E-state index in [0.717, 1.165) is 51.3 Å². The largest absolute Gasteiger partial charge is 0.354 e. The Kier molecular flexibility index (Phi) is 6.57. The minimum absolute atomic E-state index is 0.112. The van der Waals surface area contributed by atoms with Crippen LogP contribution in [-0.4, -0.2) is 61.5 Å². The van der Waals surface area contributed by atoms with E-state index >= 15 is 0 Å². The molecule has 1 atom stereocenters. The van der Waals surface area contributed by atoms with Crippen molar-refractivity contribution in [3.05, 3.63) is 35.9 Å². The number of hydrogen-bond donors (Lipinski definition) is 2. The fourth-order valence-electron chi connectivity index (χ4n) is 2.93. The first-order valence-electron chi connectivity index (χ1n) is 8.61. The summed E-state index contributed by atoms with van der Waals surface area (Å²) in [5.74, 6) is -0.112. The monoisotopic (exact) mass is 318 g/mol. The average Bonchev–Trinajstić information content (AvgIpc) is 2.59. The van der Waals surface area contributed by atoms with Crippen LogP contribution in [-0.2, 0) is 10.3 Å². The molecule has 0 saturated carbocycles. The second kappa shape index (κ2) is 8.43. The van der Waals surface area contributed by atoms with Gasteiger partial charge in [-0.2, -0.15) is 0 Å². The van der Waals surface area contributed by atoms with Crippen LogP contribution in [0.3, 0.4) is 0 Å². The van der Waals surface area contributed by atoms with Gasteiger partial charge >= 0.3 is 0 Å². The molecule has 128 valence electrons. The maximum absolute atomic E-state index is 12.3. The Morgan fingerprint density at radius 3 is 2.39 bits per heavy atom. The Labute approximate surface area is 139 Å². The van der Waals surface area contributed by atoms with Crippen molar-refractivity contribution in [2.45, 2.75) is 25.8 Å². The minimum atomic E-state index is -0.978. The van der Waals surface area contributed by atoms with Gasteiger partial charge < -0.3 is 20.9 Å². The Bertz CT molecular complexity index is 481. The smallest absolute Gasteiger partial charge is 0.244 e. The van der Waals surface area contributed by atoms with Gasteiger partial charge in [0.05, 0.1) is 0 Å². The molecule has 1 heterocycles. The molecule has 5 nitrogen and oxygen atoms in total. The fraction of sp³-hybridized carbons (Fsp3) is 0.611. The lowest BCUT2D eigenvalue weighted by Crippen LogP contribution is -2.50. The summed E-state index contributed by atoms with van der Waals surface area (Å²) in [6.07, 6.45) is 0.961. The molecule has 0 spiro atoms. The summed E-state index contributed by atoms with van der Waals surface area (Å²) in [5, 5.41) is 2.98. The van der Waals surface area contributed by atoms with Gasteiger partial charge in [-0.1, -0.05) is 37.3 Å². The molecule has 0 radical (unpaired) electrons. The highest BCUT2D eigenvalue weighted by molar-refractivity contribution is 5.86. The van der Waals surface area contributed by atoms with Crippen LogP contribution in [0.1, 0.15) is 25.8 Å². The van der Waals surface area contributed by atoms with Crippen LogP contribution in [0.15, 0.2) is 30.3 Å². The zero-order valence-electron chi connectivity index (χ0n) is 14.4. The molecule has 1 amide bonds. The summed E-state index contributed by atoms with van der Waals surface area (Å²) >= 11 is 0. The molecule has 5 heteroatoms. The summed E-state index contributed by atoms with van der Waals surface area (Å²) in [6, 6.07) is 9.53. The van der Waals surface area contributed by atoms with Gasteiger partial charge in [0.15, 0.2) is 0 Å². The highest BCUT2D eigenvalue weighted by atomic mass is 16.2. The number of carbonyl (C=O) groups excluding carboxylic acids is 1. The molecule has 1 aliphatic rings. The van der Waals surface area contributed by atoms with Gasteiger partial charge in [0.2, 0.25) is 5.91 Å². The number of piperazine rings is 1. The number of amides is 1. The van der Waals surface area contributed by atoms with E-state index in [-0.39, 0.29) is 5.91 Å². The zero-order chi connectivity index (χ0) is 16.7. The van der Waals surface area contributed by atoms with Crippen LogP contribution >= 0.6 is 0 Å². The van der Waals surface area contributed by atoms with E-state index in [0.29, 0.717) is 6.54 Å². The van der Waals surface area contributed by atoms with Crippen molar-refractivity contribution < 1.29 is 4.79 Å². The Morgan fingerprint density at radius 2 is 1.78 bits per heavy atom. The molecule has 1 unspecified atom stereocenters. The third kappa shape index (κ3) is 5.03. The lowest BCUT2D eigenvalue weighted by Gasteiger charge is -2.34. The summed E-state index contributed by atoms with van der Waals surface area (Å²) < 4.78 is 0. The quantitative estimate of drug-likeness (QED) is 0.737. The van der Waals surface area contributed by atoms with Crippen LogP contribution in [0, 0.1) is 0 Å². The van der Waals surface area contributed by atoms with Crippen molar-refractivity contribution in [2.24, 2.45) is 5.73 Å². The fourth-order valence-corrected chi connectivity index (χ4v) is 2.93. The van der Waals surface area contributed by atoms with E-state index < -0.39 is 5.54 Å². The number of rotatable bonds is 7. The lowest BCUT2D eigenvalue weighted by molar-refractivity contribution is -0.126. The van der Waals surface area contributed by atoms with Gasteiger partial charge in [-0.05, 0) is 32.0 Å². The van der Waals surface area contributed by atoms with Crippen LogP contribution in [0.4, 0.5) is 0 Å². The molecule has 1 aromatic rings. The van der Waals surface area contributed by atoms with Crippen molar-refractivity contribution in [1.82, 2.24) is 15.1 Å². The average molecular weight is 318 g/mol. The number of likely N-dealkylation sites (N-methyl/N-ethyl adjacent to an activating group) is 1. The SMILES string of the molecule is CCN1CCN(CCCNC(=O)C(C)(N)c2ccccc2)CC1. The van der Waals surface area contributed by atoms with Crippen LogP contribution < -0.4 is 11.1 Å². The van der Waals surface area contributed by atoms with Crippen molar-refractivity contribution in [2.75, 3.05) is 45.8 Å². The number of nitrogens with two attached hydrogens (primary N) is 1. The number of nitrogens with zero attached hydrogens (tertiary/aromatic N) is 2. The second-order valence-corrected chi connectivity index (χ2v) is 6.45. The summed E-state index contributed by atoms with van der Waals surface area (Å²) in [5.41, 5.74) is 6.07. The first kappa shape index (κ1) is 17.9. The van der Waals surface area contributed by atoms with E-state index in [2.05, 4.69) is 22.0 Å². The molecule has 2 rings (SSSR count). The van der Waals surface area contributed by atoms with Gasteiger partial charge in [0.25, 0.3) is 0 Å². The third-order valence-electron chi connectivity index (χ3n) is 4.69. The topological polar surface area (TPSA) is 61.6 Å². The first-order valence-corrected chi connectivity index (χ1v) is 8.61. The number of hydrogen-bond acceptors (Lipinski definition) is 4. The molecule has 1 aromatic carbocycles. The predicted octanol–water partition coefficient (Wildman–Crippen LogP) is 1.00. The highest BCUT2D eigenvalue weighted by Gasteiger charge is 2.29. The normalized spacial score (nSPS) is 19.3. The zero-order valence-corrected chi connectivity index (χ0v) is 14.4. The summed E-state index contributed by atoms with van der Waals surface area (Å²) in [7, 11) is 0. The minimum Gasteiger partial charge on any atom is -0.354 e. The highest BCUT2D eigenvalue weighted by Crippen LogP contribution is 2.17. The lowest BCUT2D eigenvalue weighted by atomic mass is 9.92. The molecule has 1 fully saturated rings. The maximum Gasteiger partial charge on any atom is 0.244 e. The van der Waals surface area contributed by atoms with Gasteiger partial charge in [-0.25, -0.2) is 0 Å². The maximum atomic E-state index is 12.3. The molecule has 1 saturated heterocycles. The Hall–Kier alpha value is -1.43. The Morgan fingerprint density at radius 1 is 1.17 bits per heavy atom. The molecular weight excluding hydrogens is 288 g/mol. The predicted molar refractivity (Wildman–Crippen MR) is 94.2 cm³/mol. The molecule has 0 aromatic heterocycles. The standard InChI is InChI=1S/C18H30N4O/c1-3-21-12-14-22(15-13-21)11-7-10-20-17(23)18(2,19)16-8-5-4-6-9-16/h4-6,8-9H,3,7,10-15,19H2,1-2H3,(H,20,23). The summed E-state index contributed by atoms with van der Waals surface area (Å²) in [4.78, 5) is 17.3. The molecule has 1 aliphatic heterocycles. The Balaban J connectivity index is 1.69. The molecule has 23 heavy (non-hydrogen) atoms. The van der Waals surface area contributed by atoms with Gasteiger partial charge in [0, 0.05) is 32.7 Å². The summed E-state index contributed by atoms with van der Waals surface area (Å²) in [6.45, 7) is 11.4. The van der Waals surface area contributed by atoms with E-state index in [4.69, 9.17) is 5.73 Å². The van der Waals surface area contributed by atoms with Crippen molar-refractivity contribution in [3.63, 3.8) is 0 Å². The number of nitrogens with one attached hydrogen (secondary N) is 1. The van der Waals surface area contributed by atoms with E-state index in [1.807, 2.05) is 30.3 Å². The first-order chi connectivity index (χ1) is 11.0. The van der Waals surface area contributed by atoms with Gasteiger partial charge in [0.1, 0.15) is 5.54 Å².